The summed E-state index contributed by atoms with van der Waals surface area (Å²) in [5.74, 6) is -0.303. The van der Waals surface area contributed by atoms with Gasteiger partial charge in [-0.2, -0.15) is 5.10 Å². The lowest BCUT2D eigenvalue weighted by molar-refractivity contribution is -0.123. The second-order valence-electron chi connectivity index (χ2n) is 6.69. The van der Waals surface area contributed by atoms with Crippen LogP contribution in [-0.4, -0.2) is 27.8 Å². The molecular weight excluding hydrogens is 394 g/mol. The third kappa shape index (κ3) is 3.41. The molecule has 4 aromatic rings. The van der Waals surface area contributed by atoms with Crippen LogP contribution >= 0.6 is 22.7 Å². The molecule has 1 atom stereocenters. The van der Waals surface area contributed by atoms with Crippen LogP contribution in [0.3, 0.4) is 0 Å². The number of aromatic nitrogens is 2. The molecule has 0 fully saturated rings. The van der Waals surface area contributed by atoms with Gasteiger partial charge >= 0.3 is 5.97 Å². The third-order valence-electron chi connectivity index (χ3n) is 4.31. The topological polar surface area (TPSA) is 73.2 Å². The van der Waals surface area contributed by atoms with Crippen molar-refractivity contribution < 1.29 is 14.3 Å². The Hall–Kier alpha value is -2.71. The summed E-state index contributed by atoms with van der Waals surface area (Å²) in [6.45, 7) is 5.51. The Balaban J connectivity index is 1.47. The summed E-state index contributed by atoms with van der Waals surface area (Å²) in [5, 5.41) is 8.08. The molecule has 0 saturated heterocycles. The molecule has 0 radical (unpaired) electrons. The summed E-state index contributed by atoms with van der Waals surface area (Å²) in [7, 11) is 0. The van der Waals surface area contributed by atoms with E-state index >= 15 is 0 Å². The van der Waals surface area contributed by atoms with Crippen molar-refractivity contribution in [1.29, 1.82) is 0 Å². The number of benzene rings is 1. The van der Waals surface area contributed by atoms with Crippen LogP contribution in [0.15, 0.2) is 42.6 Å². The van der Waals surface area contributed by atoms with Crippen molar-refractivity contribution in [1.82, 2.24) is 9.78 Å². The molecule has 8 heteroatoms. The number of nitrogens with zero attached hydrogens (tertiary/aromatic N) is 2. The van der Waals surface area contributed by atoms with Gasteiger partial charge in [0.15, 0.2) is 6.10 Å². The molecule has 1 N–H and O–H groups in total. The lowest BCUT2D eigenvalue weighted by Gasteiger charge is -2.15. The van der Waals surface area contributed by atoms with E-state index < -0.39 is 12.1 Å². The van der Waals surface area contributed by atoms with Gasteiger partial charge in [0.05, 0.1) is 10.9 Å². The Morgan fingerprint density at radius 1 is 1.11 bits per heavy atom. The molecule has 0 unspecified atom stereocenters. The van der Waals surface area contributed by atoms with Crippen molar-refractivity contribution in [2.24, 2.45) is 0 Å². The largest absolute Gasteiger partial charge is 0.448 e. The zero-order valence-corrected chi connectivity index (χ0v) is 17.3. The van der Waals surface area contributed by atoms with Crippen LogP contribution in [0.25, 0.3) is 19.5 Å². The molecule has 3 aromatic heterocycles. The quantitative estimate of drug-likeness (QED) is 0.463. The zero-order chi connectivity index (χ0) is 19.8. The number of hydrogen-bond acceptors (Lipinski definition) is 6. The van der Waals surface area contributed by atoms with Crippen LogP contribution < -0.4 is 5.32 Å². The molecule has 3 heterocycles. The third-order valence-corrected chi connectivity index (χ3v) is 6.71. The molecule has 0 saturated carbocycles. The minimum atomic E-state index is -0.917. The number of carbonyl (C=O) groups is 2. The number of carbonyl (C=O) groups excluding carboxylic acids is 2. The van der Waals surface area contributed by atoms with E-state index in [2.05, 4.69) is 16.5 Å². The number of fused-ring (bicyclic) bond motifs is 3. The molecule has 0 aliphatic heterocycles. The van der Waals surface area contributed by atoms with Gasteiger partial charge < -0.3 is 10.1 Å². The summed E-state index contributed by atoms with van der Waals surface area (Å²) >= 11 is 3.04. The zero-order valence-electron chi connectivity index (χ0n) is 15.6. The van der Waals surface area contributed by atoms with Crippen LogP contribution in [0.1, 0.15) is 36.5 Å². The van der Waals surface area contributed by atoms with Crippen molar-refractivity contribution in [3.05, 3.63) is 47.5 Å². The molecule has 28 heavy (non-hydrogen) atoms. The number of nitrogens with one attached hydrogen (secondary N) is 1. The van der Waals surface area contributed by atoms with E-state index in [0.29, 0.717) is 10.7 Å². The first-order chi connectivity index (χ1) is 13.4. The molecule has 0 bridgehead atoms. The minimum absolute atomic E-state index is 0.108. The maximum atomic E-state index is 12.5. The first-order valence-corrected chi connectivity index (χ1v) is 10.5. The normalized spacial score (nSPS) is 12.6. The van der Waals surface area contributed by atoms with Crippen molar-refractivity contribution in [3.63, 3.8) is 0 Å². The highest BCUT2D eigenvalue weighted by molar-refractivity contribution is 7.33. The van der Waals surface area contributed by atoms with E-state index in [4.69, 9.17) is 4.74 Å². The highest BCUT2D eigenvalue weighted by atomic mass is 32.1. The van der Waals surface area contributed by atoms with Gasteiger partial charge in [-0.1, -0.05) is 18.2 Å². The predicted molar refractivity (Wildman–Crippen MR) is 113 cm³/mol. The summed E-state index contributed by atoms with van der Waals surface area (Å²) < 4.78 is 10.4. The van der Waals surface area contributed by atoms with E-state index in [1.54, 1.807) is 35.2 Å². The number of ether oxygens (including phenoxy) is 1. The molecule has 144 valence electrons. The standard InChI is InChI=1S/C20H19N3O3S2/c1-11(2)23-17(8-9-21-23)22-19(24)12(3)26-20(25)16-10-15-18(28-16)13-6-4-5-7-14(13)27-15/h4-12H,1-3H3,(H,22,24)/t12-/m1/s1. The smallest absolute Gasteiger partial charge is 0.349 e. The Morgan fingerprint density at radius 3 is 2.68 bits per heavy atom. The number of rotatable bonds is 5. The molecular formula is C20H19N3O3S2. The van der Waals surface area contributed by atoms with Crippen molar-refractivity contribution >= 4 is 59.9 Å². The molecule has 4 rings (SSSR count). The second-order valence-corrected chi connectivity index (χ2v) is 8.83. The second kappa shape index (κ2) is 7.37. The van der Waals surface area contributed by atoms with Gasteiger partial charge in [-0.05, 0) is 32.9 Å². The Kier molecular flexibility index (Phi) is 4.91. The molecule has 0 aliphatic carbocycles. The highest BCUT2D eigenvalue weighted by Gasteiger charge is 2.22. The van der Waals surface area contributed by atoms with Crippen LogP contribution in [0.5, 0.6) is 0 Å². The molecule has 0 aliphatic rings. The Bertz CT molecular complexity index is 1170. The van der Waals surface area contributed by atoms with Gasteiger partial charge in [-0.25, -0.2) is 9.48 Å². The average molecular weight is 414 g/mol. The first kappa shape index (κ1) is 18.6. The SMILES string of the molecule is CC(C)n1nccc1NC(=O)[C@@H](C)OC(=O)c1cc2sc3ccccc3c2s1. The summed E-state index contributed by atoms with van der Waals surface area (Å²) in [5.41, 5.74) is 0. The van der Waals surface area contributed by atoms with Gasteiger partial charge in [-0.3, -0.25) is 4.79 Å². The monoisotopic (exact) mass is 413 g/mol. The van der Waals surface area contributed by atoms with E-state index in [1.165, 1.54) is 16.0 Å². The fourth-order valence-electron chi connectivity index (χ4n) is 2.92. The van der Waals surface area contributed by atoms with Gasteiger partial charge in [0.25, 0.3) is 5.91 Å². The van der Waals surface area contributed by atoms with E-state index in [9.17, 15) is 9.59 Å². The Morgan fingerprint density at radius 2 is 1.89 bits per heavy atom. The van der Waals surface area contributed by atoms with Gasteiger partial charge in [-0.15, -0.1) is 22.7 Å². The molecule has 0 spiro atoms. The lowest BCUT2D eigenvalue weighted by atomic mass is 10.2. The summed E-state index contributed by atoms with van der Waals surface area (Å²) in [6.07, 6.45) is 0.703. The number of amides is 1. The highest BCUT2D eigenvalue weighted by Crippen LogP contribution is 2.39. The van der Waals surface area contributed by atoms with Crippen molar-refractivity contribution in [2.75, 3.05) is 5.32 Å². The van der Waals surface area contributed by atoms with E-state index in [-0.39, 0.29) is 11.9 Å². The van der Waals surface area contributed by atoms with E-state index in [1.807, 2.05) is 38.1 Å². The molecule has 1 amide bonds. The van der Waals surface area contributed by atoms with Crippen LogP contribution in [0, 0.1) is 0 Å². The number of hydrogen-bond donors (Lipinski definition) is 1. The van der Waals surface area contributed by atoms with Crippen molar-refractivity contribution in [3.8, 4) is 0 Å². The number of anilines is 1. The van der Waals surface area contributed by atoms with Crippen LogP contribution in [0.4, 0.5) is 5.82 Å². The summed E-state index contributed by atoms with van der Waals surface area (Å²) in [6, 6.07) is 11.8. The van der Waals surface area contributed by atoms with Gasteiger partial charge in [0.2, 0.25) is 0 Å². The van der Waals surface area contributed by atoms with E-state index in [0.717, 1.165) is 14.8 Å². The maximum Gasteiger partial charge on any atom is 0.349 e. The molecule has 6 nitrogen and oxygen atoms in total. The fraction of sp³-hybridized carbons (Fsp3) is 0.250. The average Bonchev–Trinajstić information content (AvgIpc) is 3.35. The maximum absolute atomic E-state index is 12.5. The van der Waals surface area contributed by atoms with Crippen LogP contribution in [-0.2, 0) is 9.53 Å². The number of thiophene rings is 2. The van der Waals surface area contributed by atoms with Gasteiger partial charge in [0.1, 0.15) is 10.7 Å². The summed E-state index contributed by atoms with van der Waals surface area (Å²) in [4.78, 5) is 25.5. The van der Waals surface area contributed by atoms with Gasteiger partial charge in [0, 0.05) is 26.9 Å². The minimum Gasteiger partial charge on any atom is -0.448 e. The van der Waals surface area contributed by atoms with Crippen LogP contribution in [0.2, 0.25) is 0 Å². The Labute approximate surface area is 169 Å². The molecule has 1 aromatic carbocycles. The first-order valence-electron chi connectivity index (χ1n) is 8.90. The van der Waals surface area contributed by atoms with Crippen molar-refractivity contribution in [2.45, 2.75) is 32.9 Å². The lowest BCUT2D eigenvalue weighted by Crippen LogP contribution is -2.30. The predicted octanol–water partition coefficient (Wildman–Crippen LogP) is 5.08. The number of esters is 1. The fourth-order valence-corrected chi connectivity index (χ4v) is 5.33.